The molecule has 0 bridgehead atoms. The molecule has 1 saturated heterocycles. The van der Waals surface area contributed by atoms with Crippen LogP contribution in [0.25, 0.3) is 10.9 Å². The lowest BCUT2D eigenvalue weighted by Crippen LogP contribution is -2.43. The van der Waals surface area contributed by atoms with Crippen molar-refractivity contribution in [2.24, 2.45) is 5.18 Å². The molecule has 3 N–H and O–H groups in total. The van der Waals surface area contributed by atoms with Gasteiger partial charge in [-0.3, -0.25) is 0 Å². The van der Waals surface area contributed by atoms with Crippen molar-refractivity contribution in [3.8, 4) is 11.6 Å². The van der Waals surface area contributed by atoms with Gasteiger partial charge >= 0.3 is 0 Å². The second kappa shape index (κ2) is 9.40. The van der Waals surface area contributed by atoms with Crippen molar-refractivity contribution in [3.05, 3.63) is 64.8 Å². The number of H-pyrrole nitrogens is 1. The molecule has 4 aromatic rings. The van der Waals surface area contributed by atoms with Crippen LogP contribution in [0.2, 0.25) is 0 Å². The summed E-state index contributed by atoms with van der Waals surface area (Å²) in [6.07, 6.45) is 3.06. The van der Waals surface area contributed by atoms with E-state index in [1.807, 2.05) is 19.1 Å². The summed E-state index contributed by atoms with van der Waals surface area (Å²) < 4.78 is 20.8. The van der Waals surface area contributed by atoms with Crippen molar-refractivity contribution in [1.29, 1.82) is 0 Å². The predicted molar refractivity (Wildman–Crippen MR) is 127 cm³/mol. The van der Waals surface area contributed by atoms with E-state index < -0.39 is 5.82 Å². The molecule has 1 fully saturated rings. The summed E-state index contributed by atoms with van der Waals surface area (Å²) >= 11 is 0. The van der Waals surface area contributed by atoms with Gasteiger partial charge in [-0.05, 0) is 37.3 Å². The minimum absolute atomic E-state index is 0.0122. The molecular weight excluding hydrogens is 439 g/mol. The Balaban J connectivity index is 1.41. The molecule has 3 aromatic heterocycles. The number of nitroso groups, excluding NO2 is 1. The number of nitrogens with zero attached hydrogens (tertiary/aromatic N) is 5. The third-order valence-corrected chi connectivity index (χ3v) is 5.65. The van der Waals surface area contributed by atoms with Crippen LogP contribution in [0.1, 0.15) is 11.3 Å². The highest BCUT2D eigenvalue weighted by molar-refractivity contribution is 5.82. The maximum absolute atomic E-state index is 15.0. The first kappa shape index (κ1) is 21.7. The average Bonchev–Trinajstić information content (AvgIpc) is 3.25. The zero-order valence-corrected chi connectivity index (χ0v) is 18.5. The first-order valence-corrected chi connectivity index (χ1v) is 10.9. The van der Waals surface area contributed by atoms with Crippen LogP contribution < -0.4 is 20.3 Å². The fraction of sp³-hybridized carbons (Fsp3) is 0.261. The van der Waals surface area contributed by atoms with E-state index in [2.05, 4.69) is 40.6 Å². The molecule has 4 heterocycles. The van der Waals surface area contributed by atoms with Gasteiger partial charge in [0.2, 0.25) is 5.88 Å². The van der Waals surface area contributed by atoms with Crippen LogP contribution in [0, 0.1) is 17.6 Å². The summed E-state index contributed by atoms with van der Waals surface area (Å²) in [4.78, 5) is 29.3. The summed E-state index contributed by atoms with van der Waals surface area (Å²) in [6.45, 7) is 5.29. The van der Waals surface area contributed by atoms with E-state index in [0.717, 1.165) is 37.6 Å². The standard InChI is InChI=1S/C23H23FN8O2/c1-14-10-16-18(30-14)3-4-19(21(16)24)34-23-17(12-29-33)22(27-13-28-23)31-20-5-2-15(11-26-20)32-8-6-25-7-9-32/h2-5,10-11,13,25,30H,6-9,12H2,1H3,(H,26,27,28,31). The van der Waals surface area contributed by atoms with Gasteiger partial charge in [0.15, 0.2) is 11.6 Å². The molecule has 0 aliphatic carbocycles. The minimum atomic E-state index is -0.523. The quantitative estimate of drug-likeness (QED) is 0.352. The van der Waals surface area contributed by atoms with Crippen LogP contribution in [0.3, 0.4) is 0 Å². The van der Waals surface area contributed by atoms with Gasteiger partial charge in [-0.1, -0.05) is 5.18 Å². The molecule has 174 valence electrons. The molecule has 0 amide bonds. The number of benzene rings is 1. The smallest absolute Gasteiger partial charge is 0.229 e. The van der Waals surface area contributed by atoms with Crippen LogP contribution in [0.4, 0.5) is 21.7 Å². The third-order valence-electron chi connectivity index (χ3n) is 5.65. The van der Waals surface area contributed by atoms with Gasteiger partial charge in [0.05, 0.1) is 17.4 Å². The molecule has 1 aromatic carbocycles. The second-order valence-corrected chi connectivity index (χ2v) is 7.95. The molecule has 11 heteroatoms. The van der Waals surface area contributed by atoms with Gasteiger partial charge in [0.1, 0.15) is 24.5 Å². The highest BCUT2D eigenvalue weighted by Crippen LogP contribution is 2.33. The lowest BCUT2D eigenvalue weighted by molar-refractivity contribution is 0.425. The number of aromatic amines is 1. The molecule has 0 atom stereocenters. The number of aryl methyl sites for hydroxylation is 1. The predicted octanol–water partition coefficient (Wildman–Crippen LogP) is 4.01. The van der Waals surface area contributed by atoms with E-state index in [1.165, 1.54) is 12.4 Å². The van der Waals surface area contributed by atoms with Crippen molar-refractivity contribution >= 4 is 28.2 Å². The summed E-state index contributed by atoms with van der Waals surface area (Å²) in [7, 11) is 0. The normalized spacial score (nSPS) is 13.8. The van der Waals surface area contributed by atoms with Crippen molar-refractivity contribution in [2.45, 2.75) is 13.5 Å². The van der Waals surface area contributed by atoms with Gasteiger partial charge in [0.25, 0.3) is 0 Å². The minimum Gasteiger partial charge on any atom is -0.435 e. The zero-order chi connectivity index (χ0) is 23.5. The highest BCUT2D eigenvalue weighted by Gasteiger charge is 2.18. The maximum atomic E-state index is 15.0. The fourth-order valence-corrected chi connectivity index (χ4v) is 3.96. The van der Waals surface area contributed by atoms with Gasteiger partial charge in [0, 0.05) is 42.8 Å². The SMILES string of the molecule is Cc1cc2c(F)c(Oc3ncnc(Nc4ccc(N5CCNCC5)cn4)c3CN=O)ccc2[nH]1. The number of ether oxygens (including phenoxy) is 1. The van der Waals surface area contributed by atoms with Crippen molar-refractivity contribution in [3.63, 3.8) is 0 Å². The monoisotopic (exact) mass is 462 g/mol. The number of halogens is 1. The number of nitrogens with one attached hydrogen (secondary N) is 3. The average molecular weight is 462 g/mol. The van der Waals surface area contributed by atoms with E-state index in [0.29, 0.717) is 28.1 Å². The lowest BCUT2D eigenvalue weighted by atomic mass is 10.2. The van der Waals surface area contributed by atoms with E-state index in [-0.39, 0.29) is 18.2 Å². The second-order valence-electron chi connectivity index (χ2n) is 7.95. The van der Waals surface area contributed by atoms with Gasteiger partial charge in [-0.25, -0.2) is 19.3 Å². The Labute approximate surface area is 194 Å². The molecule has 10 nitrogen and oxygen atoms in total. The molecule has 0 saturated carbocycles. The Morgan fingerprint density at radius 3 is 2.79 bits per heavy atom. The number of piperazine rings is 1. The lowest BCUT2D eigenvalue weighted by Gasteiger charge is -2.29. The molecule has 0 spiro atoms. The Kier molecular flexibility index (Phi) is 6.00. The highest BCUT2D eigenvalue weighted by atomic mass is 19.1. The van der Waals surface area contributed by atoms with Crippen LogP contribution in [-0.4, -0.2) is 46.1 Å². The number of pyridine rings is 1. The van der Waals surface area contributed by atoms with E-state index in [4.69, 9.17) is 4.74 Å². The summed E-state index contributed by atoms with van der Waals surface area (Å²) in [5.41, 5.74) is 2.83. The van der Waals surface area contributed by atoms with E-state index in [1.54, 1.807) is 18.3 Å². The van der Waals surface area contributed by atoms with Crippen LogP contribution >= 0.6 is 0 Å². The number of fused-ring (bicyclic) bond motifs is 1. The molecule has 1 aliphatic rings. The Morgan fingerprint density at radius 1 is 1.18 bits per heavy atom. The molecule has 0 radical (unpaired) electrons. The van der Waals surface area contributed by atoms with Crippen molar-refractivity contribution < 1.29 is 9.13 Å². The largest absolute Gasteiger partial charge is 0.435 e. The molecular formula is C23H23FN8O2. The Hall–Kier alpha value is -4.12. The van der Waals surface area contributed by atoms with Crippen LogP contribution in [-0.2, 0) is 6.54 Å². The number of hydrogen-bond acceptors (Lipinski definition) is 9. The summed E-state index contributed by atoms with van der Waals surface area (Å²) in [6, 6.07) is 8.74. The first-order chi connectivity index (χ1) is 16.6. The molecule has 1 aliphatic heterocycles. The van der Waals surface area contributed by atoms with E-state index >= 15 is 4.39 Å². The number of aromatic nitrogens is 4. The van der Waals surface area contributed by atoms with Crippen LogP contribution in [0.15, 0.2) is 48.0 Å². The van der Waals surface area contributed by atoms with Crippen molar-refractivity contribution in [2.75, 3.05) is 36.4 Å². The van der Waals surface area contributed by atoms with Crippen molar-refractivity contribution in [1.82, 2.24) is 25.3 Å². The Morgan fingerprint density at radius 2 is 2.03 bits per heavy atom. The molecule has 5 rings (SSSR count). The summed E-state index contributed by atoms with van der Waals surface area (Å²) in [5, 5.41) is 9.80. The fourth-order valence-electron chi connectivity index (χ4n) is 3.96. The van der Waals surface area contributed by atoms with Gasteiger partial charge < -0.3 is 25.3 Å². The number of hydrogen-bond donors (Lipinski definition) is 3. The zero-order valence-electron chi connectivity index (χ0n) is 18.5. The number of rotatable bonds is 7. The summed E-state index contributed by atoms with van der Waals surface area (Å²) in [5.74, 6) is 0.351. The van der Waals surface area contributed by atoms with Crippen LogP contribution in [0.5, 0.6) is 11.6 Å². The first-order valence-electron chi connectivity index (χ1n) is 10.9. The van der Waals surface area contributed by atoms with E-state index in [9.17, 15) is 4.91 Å². The topological polar surface area (TPSA) is 120 Å². The maximum Gasteiger partial charge on any atom is 0.229 e. The molecule has 34 heavy (non-hydrogen) atoms. The third kappa shape index (κ3) is 4.37. The Bertz CT molecular complexity index is 1320. The molecule has 0 unspecified atom stereocenters. The van der Waals surface area contributed by atoms with Gasteiger partial charge in [-0.2, -0.15) is 4.91 Å². The van der Waals surface area contributed by atoms with Gasteiger partial charge in [-0.15, -0.1) is 0 Å². The number of anilines is 3.